The molecule has 0 heterocycles. The molecule has 1 aromatic rings. The number of carbonyl (C=O) groups excluding carboxylic acids is 1. The van der Waals surface area contributed by atoms with Crippen LogP contribution in [0.3, 0.4) is 0 Å². The summed E-state index contributed by atoms with van der Waals surface area (Å²) in [5.41, 5.74) is 6.93. The fourth-order valence-corrected chi connectivity index (χ4v) is 2.84. The Hall–Kier alpha value is -1.44. The molecule has 0 bridgehead atoms. The van der Waals surface area contributed by atoms with Gasteiger partial charge in [-0.3, -0.25) is 4.79 Å². The van der Waals surface area contributed by atoms with Crippen LogP contribution in [0, 0.1) is 5.92 Å². The van der Waals surface area contributed by atoms with Gasteiger partial charge in [0.1, 0.15) is 0 Å². The first kappa shape index (κ1) is 17.6. The molecular weight excluding hydrogens is 290 g/mol. The highest BCUT2D eigenvalue weighted by Crippen LogP contribution is 2.18. The molecular formula is C14H23N3O3S. The van der Waals surface area contributed by atoms with Crippen LogP contribution in [0.1, 0.15) is 25.5 Å². The van der Waals surface area contributed by atoms with Crippen molar-refractivity contribution >= 4 is 15.9 Å². The maximum atomic E-state index is 12.0. The number of hydrogen-bond acceptors (Lipinski definition) is 4. The van der Waals surface area contributed by atoms with Gasteiger partial charge in [0, 0.05) is 19.1 Å². The molecule has 1 rings (SSSR count). The van der Waals surface area contributed by atoms with Crippen LogP contribution in [0.2, 0.25) is 0 Å². The van der Waals surface area contributed by atoms with E-state index in [0.717, 1.165) is 5.56 Å². The molecule has 4 N–H and O–H groups in total. The predicted octanol–water partition coefficient (Wildman–Crippen LogP) is 0.378. The Morgan fingerprint density at radius 1 is 1.29 bits per heavy atom. The van der Waals surface area contributed by atoms with E-state index in [1.54, 1.807) is 13.8 Å². The molecule has 2 atom stereocenters. The Balaban J connectivity index is 2.48. The lowest BCUT2D eigenvalue weighted by atomic mass is 9.95. The van der Waals surface area contributed by atoms with Crippen molar-refractivity contribution in [2.24, 2.45) is 11.7 Å². The van der Waals surface area contributed by atoms with Crippen molar-refractivity contribution in [2.75, 3.05) is 18.8 Å². The van der Waals surface area contributed by atoms with Crippen molar-refractivity contribution in [1.29, 1.82) is 0 Å². The van der Waals surface area contributed by atoms with Crippen molar-refractivity contribution < 1.29 is 13.2 Å². The topological polar surface area (TPSA) is 101 Å². The SMILES string of the molecule is CCNS(=O)(=O)CCNC(=O)C(C)C(N)c1ccccc1. The van der Waals surface area contributed by atoms with Crippen molar-refractivity contribution in [3.8, 4) is 0 Å². The van der Waals surface area contributed by atoms with E-state index in [1.165, 1.54) is 0 Å². The van der Waals surface area contributed by atoms with Gasteiger partial charge in [-0.2, -0.15) is 0 Å². The lowest BCUT2D eigenvalue weighted by molar-refractivity contribution is -0.125. The third-order valence-electron chi connectivity index (χ3n) is 3.17. The Morgan fingerprint density at radius 3 is 2.48 bits per heavy atom. The quantitative estimate of drug-likeness (QED) is 0.645. The summed E-state index contributed by atoms with van der Waals surface area (Å²) in [5, 5.41) is 2.61. The first-order valence-corrected chi connectivity index (χ1v) is 8.58. The normalized spacial score (nSPS) is 14.4. The van der Waals surface area contributed by atoms with E-state index in [-0.39, 0.29) is 18.2 Å². The number of benzene rings is 1. The predicted molar refractivity (Wildman–Crippen MR) is 83.0 cm³/mol. The van der Waals surface area contributed by atoms with Crippen molar-refractivity contribution in [3.05, 3.63) is 35.9 Å². The zero-order valence-corrected chi connectivity index (χ0v) is 13.2. The van der Waals surface area contributed by atoms with Crippen LogP contribution < -0.4 is 15.8 Å². The van der Waals surface area contributed by atoms with Crippen LogP contribution in [0.15, 0.2) is 30.3 Å². The van der Waals surface area contributed by atoms with Gasteiger partial charge in [-0.15, -0.1) is 0 Å². The van der Waals surface area contributed by atoms with E-state index in [0.29, 0.717) is 6.54 Å². The van der Waals surface area contributed by atoms with Crippen LogP contribution in [-0.4, -0.2) is 33.2 Å². The monoisotopic (exact) mass is 313 g/mol. The molecule has 0 saturated heterocycles. The van der Waals surface area contributed by atoms with Gasteiger partial charge in [0.15, 0.2) is 0 Å². The molecule has 118 valence electrons. The second-order valence-electron chi connectivity index (χ2n) is 4.83. The molecule has 2 unspecified atom stereocenters. The molecule has 1 amide bonds. The number of nitrogens with one attached hydrogen (secondary N) is 2. The van der Waals surface area contributed by atoms with E-state index < -0.39 is 22.0 Å². The highest BCUT2D eigenvalue weighted by molar-refractivity contribution is 7.89. The lowest BCUT2D eigenvalue weighted by Crippen LogP contribution is -2.39. The van der Waals surface area contributed by atoms with Gasteiger partial charge >= 0.3 is 0 Å². The maximum Gasteiger partial charge on any atom is 0.224 e. The second-order valence-corrected chi connectivity index (χ2v) is 6.76. The highest BCUT2D eigenvalue weighted by Gasteiger charge is 2.22. The number of carbonyl (C=O) groups is 1. The number of nitrogens with two attached hydrogens (primary N) is 1. The van der Waals surface area contributed by atoms with Crippen LogP contribution in [0.25, 0.3) is 0 Å². The van der Waals surface area contributed by atoms with Crippen LogP contribution >= 0.6 is 0 Å². The average molecular weight is 313 g/mol. The van der Waals surface area contributed by atoms with Crippen LogP contribution in [-0.2, 0) is 14.8 Å². The summed E-state index contributed by atoms with van der Waals surface area (Å²) in [7, 11) is -3.32. The molecule has 0 aliphatic heterocycles. The molecule has 1 aromatic carbocycles. The first-order chi connectivity index (χ1) is 9.87. The Labute approximate surface area is 126 Å². The number of amides is 1. The molecule has 7 heteroatoms. The molecule has 0 aromatic heterocycles. The minimum Gasteiger partial charge on any atom is -0.355 e. The van der Waals surface area contributed by atoms with Gasteiger partial charge in [0.25, 0.3) is 0 Å². The van der Waals surface area contributed by atoms with Crippen molar-refractivity contribution in [2.45, 2.75) is 19.9 Å². The van der Waals surface area contributed by atoms with Crippen LogP contribution in [0.4, 0.5) is 0 Å². The molecule has 0 aliphatic carbocycles. The molecule has 6 nitrogen and oxygen atoms in total. The zero-order chi connectivity index (χ0) is 15.9. The van der Waals surface area contributed by atoms with Crippen molar-refractivity contribution in [1.82, 2.24) is 10.0 Å². The summed E-state index contributed by atoms with van der Waals surface area (Å²) in [6, 6.07) is 8.92. The second kappa shape index (κ2) is 8.11. The third kappa shape index (κ3) is 5.82. The number of hydrogen-bond donors (Lipinski definition) is 3. The Kier molecular flexibility index (Phi) is 6.80. The molecule has 0 fully saturated rings. The standard InChI is InChI=1S/C14H23N3O3S/c1-3-17-21(19,20)10-9-16-14(18)11(2)13(15)12-7-5-4-6-8-12/h4-8,11,13,17H,3,9-10,15H2,1-2H3,(H,16,18). The smallest absolute Gasteiger partial charge is 0.224 e. The molecule has 0 saturated carbocycles. The van der Waals surface area contributed by atoms with E-state index in [2.05, 4.69) is 10.0 Å². The number of rotatable bonds is 8. The minimum atomic E-state index is -3.32. The summed E-state index contributed by atoms with van der Waals surface area (Å²) in [6.45, 7) is 3.84. The van der Waals surface area contributed by atoms with Gasteiger partial charge < -0.3 is 11.1 Å². The van der Waals surface area contributed by atoms with E-state index in [1.807, 2.05) is 30.3 Å². The Bertz CT molecular complexity index is 546. The molecule has 21 heavy (non-hydrogen) atoms. The van der Waals surface area contributed by atoms with Crippen molar-refractivity contribution in [3.63, 3.8) is 0 Å². The van der Waals surface area contributed by atoms with Crippen LogP contribution in [0.5, 0.6) is 0 Å². The van der Waals surface area contributed by atoms with E-state index in [4.69, 9.17) is 5.73 Å². The van der Waals surface area contributed by atoms with Gasteiger partial charge in [0.2, 0.25) is 15.9 Å². The zero-order valence-electron chi connectivity index (χ0n) is 12.4. The molecule has 0 aliphatic rings. The summed E-state index contributed by atoms with van der Waals surface area (Å²) < 4.78 is 25.3. The van der Waals surface area contributed by atoms with Gasteiger partial charge in [-0.05, 0) is 5.56 Å². The lowest BCUT2D eigenvalue weighted by Gasteiger charge is -2.19. The summed E-state index contributed by atoms with van der Waals surface area (Å²) >= 11 is 0. The first-order valence-electron chi connectivity index (χ1n) is 6.93. The van der Waals surface area contributed by atoms with Gasteiger partial charge in [0.05, 0.1) is 11.7 Å². The Morgan fingerprint density at radius 2 is 1.90 bits per heavy atom. The molecule has 0 radical (unpaired) electrons. The van der Waals surface area contributed by atoms with Gasteiger partial charge in [-0.25, -0.2) is 13.1 Å². The molecule has 0 spiro atoms. The minimum absolute atomic E-state index is 0.0695. The summed E-state index contributed by atoms with van der Waals surface area (Å²) in [4.78, 5) is 12.0. The van der Waals surface area contributed by atoms with E-state index >= 15 is 0 Å². The maximum absolute atomic E-state index is 12.0. The summed E-state index contributed by atoms with van der Waals surface area (Å²) in [5.74, 6) is -0.827. The highest BCUT2D eigenvalue weighted by atomic mass is 32.2. The van der Waals surface area contributed by atoms with Gasteiger partial charge in [-0.1, -0.05) is 44.2 Å². The summed E-state index contributed by atoms with van der Waals surface area (Å²) in [6.07, 6.45) is 0. The number of sulfonamides is 1. The average Bonchev–Trinajstić information content (AvgIpc) is 2.46. The van der Waals surface area contributed by atoms with E-state index in [9.17, 15) is 13.2 Å². The third-order valence-corrected chi connectivity index (χ3v) is 4.64. The fourth-order valence-electron chi connectivity index (χ4n) is 1.89. The largest absolute Gasteiger partial charge is 0.355 e. The fraction of sp³-hybridized carbons (Fsp3) is 0.500.